The van der Waals surface area contributed by atoms with E-state index in [2.05, 4.69) is 0 Å². The molecule has 0 amide bonds. The highest BCUT2D eigenvalue weighted by Gasteiger charge is 2.45. The fraction of sp³-hybridized carbons (Fsp3) is 0.278. The zero-order chi connectivity index (χ0) is 19.6. The second-order valence-electron chi connectivity index (χ2n) is 5.98. The van der Waals surface area contributed by atoms with E-state index in [-0.39, 0.29) is 28.6 Å². The SMILES string of the molecule is COC(=O)C1CC(Oc2ccccc2F)CN1S(=O)(=O)c1cccc(Cl)c1. The highest BCUT2D eigenvalue weighted by atomic mass is 35.5. The van der Waals surface area contributed by atoms with Crippen LogP contribution in [-0.4, -0.2) is 44.5 Å². The Kier molecular flexibility index (Phi) is 5.69. The molecule has 2 aromatic rings. The largest absolute Gasteiger partial charge is 0.486 e. The van der Waals surface area contributed by atoms with E-state index in [1.807, 2.05) is 0 Å². The van der Waals surface area contributed by atoms with Crippen LogP contribution in [0.5, 0.6) is 5.75 Å². The average molecular weight is 414 g/mol. The van der Waals surface area contributed by atoms with Gasteiger partial charge in [-0.2, -0.15) is 4.31 Å². The van der Waals surface area contributed by atoms with E-state index in [1.54, 1.807) is 12.1 Å². The van der Waals surface area contributed by atoms with Gasteiger partial charge in [0.1, 0.15) is 12.1 Å². The third-order valence-electron chi connectivity index (χ3n) is 4.22. The monoisotopic (exact) mass is 413 g/mol. The van der Waals surface area contributed by atoms with Gasteiger partial charge >= 0.3 is 5.97 Å². The minimum Gasteiger partial charge on any atom is -0.486 e. The summed E-state index contributed by atoms with van der Waals surface area (Å²) in [6.07, 6.45) is -0.666. The van der Waals surface area contributed by atoms with Gasteiger partial charge in [-0.1, -0.05) is 29.8 Å². The Balaban J connectivity index is 1.90. The zero-order valence-corrected chi connectivity index (χ0v) is 15.9. The standard InChI is InChI=1S/C18H17ClFNO5S/c1-25-18(22)16-10-13(26-17-8-3-2-7-15(17)20)11-21(16)27(23,24)14-6-4-5-12(19)9-14/h2-9,13,16H,10-11H2,1H3. The van der Waals surface area contributed by atoms with Crippen LogP contribution < -0.4 is 4.74 Å². The van der Waals surface area contributed by atoms with Crippen LogP contribution in [0.2, 0.25) is 5.02 Å². The molecule has 0 aromatic heterocycles. The van der Waals surface area contributed by atoms with Crippen LogP contribution in [0.4, 0.5) is 4.39 Å². The molecular weight excluding hydrogens is 397 g/mol. The molecule has 6 nitrogen and oxygen atoms in total. The molecule has 9 heteroatoms. The summed E-state index contributed by atoms with van der Waals surface area (Å²) in [5, 5.41) is 0.254. The van der Waals surface area contributed by atoms with Gasteiger partial charge in [-0.15, -0.1) is 0 Å². The third kappa shape index (κ3) is 4.07. The molecule has 27 heavy (non-hydrogen) atoms. The van der Waals surface area contributed by atoms with Gasteiger partial charge in [0.15, 0.2) is 11.6 Å². The average Bonchev–Trinajstić information content (AvgIpc) is 3.08. The van der Waals surface area contributed by atoms with Crippen LogP contribution in [0.1, 0.15) is 6.42 Å². The van der Waals surface area contributed by atoms with Crippen molar-refractivity contribution in [2.24, 2.45) is 0 Å². The van der Waals surface area contributed by atoms with Crippen LogP contribution >= 0.6 is 11.6 Å². The quantitative estimate of drug-likeness (QED) is 0.705. The van der Waals surface area contributed by atoms with E-state index in [0.29, 0.717) is 0 Å². The van der Waals surface area contributed by atoms with E-state index in [9.17, 15) is 17.6 Å². The molecular formula is C18H17ClFNO5S. The maximum absolute atomic E-state index is 13.8. The molecule has 3 rings (SSSR count). The van der Waals surface area contributed by atoms with Crippen molar-refractivity contribution in [1.29, 1.82) is 0 Å². The molecule has 1 aliphatic rings. The fourth-order valence-corrected chi connectivity index (χ4v) is 4.87. The molecule has 0 bridgehead atoms. The number of rotatable bonds is 5. The number of esters is 1. The van der Waals surface area contributed by atoms with E-state index in [4.69, 9.17) is 21.1 Å². The molecule has 0 spiro atoms. The number of carbonyl (C=O) groups excluding carboxylic acids is 1. The van der Waals surface area contributed by atoms with Crippen molar-refractivity contribution in [3.63, 3.8) is 0 Å². The molecule has 144 valence electrons. The van der Waals surface area contributed by atoms with Gasteiger partial charge in [0.05, 0.1) is 18.6 Å². The van der Waals surface area contributed by atoms with Crippen molar-refractivity contribution >= 4 is 27.6 Å². The number of hydrogen-bond acceptors (Lipinski definition) is 5. The molecule has 1 aliphatic heterocycles. The number of carbonyl (C=O) groups is 1. The normalized spacial score (nSPS) is 20.4. The number of nitrogens with zero attached hydrogens (tertiary/aromatic N) is 1. The summed E-state index contributed by atoms with van der Waals surface area (Å²) >= 11 is 5.90. The Hall–Kier alpha value is -2.16. The minimum atomic E-state index is -4.03. The Morgan fingerprint density at radius 2 is 1.96 bits per heavy atom. The van der Waals surface area contributed by atoms with Gasteiger partial charge in [-0.25, -0.2) is 12.8 Å². The summed E-state index contributed by atoms with van der Waals surface area (Å²) in [4.78, 5) is 12.1. The molecule has 1 heterocycles. The number of ether oxygens (including phenoxy) is 2. The van der Waals surface area contributed by atoms with Crippen molar-refractivity contribution < 1.29 is 27.1 Å². The van der Waals surface area contributed by atoms with Crippen LogP contribution in [0.3, 0.4) is 0 Å². The number of para-hydroxylation sites is 1. The molecule has 0 saturated carbocycles. The molecule has 1 saturated heterocycles. The third-order valence-corrected chi connectivity index (χ3v) is 6.33. The second-order valence-corrected chi connectivity index (χ2v) is 8.30. The molecule has 2 aromatic carbocycles. The number of sulfonamides is 1. The Morgan fingerprint density at radius 3 is 2.63 bits per heavy atom. The maximum atomic E-state index is 13.8. The van der Waals surface area contributed by atoms with Gasteiger partial charge in [0.25, 0.3) is 0 Å². The summed E-state index contributed by atoms with van der Waals surface area (Å²) in [7, 11) is -2.85. The first-order valence-corrected chi connectivity index (χ1v) is 9.91. The smallest absolute Gasteiger partial charge is 0.324 e. The van der Waals surface area contributed by atoms with Crippen molar-refractivity contribution in [3.05, 3.63) is 59.4 Å². The van der Waals surface area contributed by atoms with Crippen LogP contribution in [0, 0.1) is 5.82 Å². The lowest BCUT2D eigenvalue weighted by atomic mass is 10.2. The number of hydrogen-bond donors (Lipinski definition) is 0. The summed E-state index contributed by atoms with van der Waals surface area (Å²) < 4.78 is 51.2. The van der Waals surface area contributed by atoms with Gasteiger partial charge < -0.3 is 9.47 Å². The Morgan fingerprint density at radius 1 is 1.22 bits per heavy atom. The van der Waals surface area contributed by atoms with Crippen LogP contribution in [0.15, 0.2) is 53.4 Å². The first-order chi connectivity index (χ1) is 12.8. The van der Waals surface area contributed by atoms with E-state index < -0.39 is 34.0 Å². The van der Waals surface area contributed by atoms with Crippen LogP contribution in [0.25, 0.3) is 0 Å². The number of methoxy groups -OCH3 is 1. The van der Waals surface area contributed by atoms with Gasteiger partial charge in [0.2, 0.25) is 10.0 Å². The lowest BCUT2D eigenvalue weighted by Crippen LogP contribution is -2.41. The van der Waals surface area contributed by atoms with Crippen molar-refractivity contribution in [3.8, 4) is 5.75 Å². The minimum absolute atomic E-state index is 0.00637. The van der Waals surface area contributed by atoms with Crippen molar-refractivity contribution in [1.82, 2.24) is 4.31 Å². The molecule has 2 unspecified atom stereocenters. The van der Waals surface area contributed by atoms with E-state index >= 15 is 0 Å². The molecule has 0 N–H and O–H groups in total. The fourth-order valence-electron chi connectivity index (χ4n) is 2.95. The van der Waals surface area contributed by atoms with Gasteiger partial charge in [0, 0.05) is 11.4 Å². The first kappa shape index (κ1) is 19.6. The maximum Gasteiger partial charge on any atom is 0.324 e. The summed E-state index contributed by atoms with van der Waals surface area (Å²) in [6.45, 7) is -0.122. The molecule has 0 aliphatic carbocycles. The van der Waals surface area contributed by atoms with E-state index in [1.165, 1.54) is 43.5 Å². The summed E-state index contributed by atoms with van der Waals surface area (Å²) in [6, 6.07) is 10.5. The topological polar surface area (TPSA) is 72.9 Å². The highest BCUT2D eigenvalue weighted by Crippen LogP contribution is 2.31. The Bertz CT molecular complexity index is 952. The molecule has 2 atom stereocenters. The van der Waals surface area contributed by atoms with Crippen LogP contribution in [-0.2, 0) is 19.6 Å². The summed E-state index contributed by atoms with van der Waals surface area (Å²) in [5.74, 6) is -1.28. The molecule has 1 fully saturated rings. The number of halogens is 2. The molecule has 0 radical (unpaired) electrons. The predicted molar refractivity (Wildman–Crippen MR) is 96.6 cm³/mol. The Labute approximate surface area is 161 Å². The lowest BCUT2D eigenvalue weighted by Gasteiger charge is -2.21. The van der Waals surface area contributed by atoms with E-state index in [0.717, 1.165) is 4.31 Å². The first-order valence-electron chi connectivity index (χ1n) is 8.09. The van der Waals surface area contributed by atoms with Crippen molar-refractivity contribution in [2.75, 3.05) is 13.7 Å². The second kappa shape index (κ2) is 7.84. The lowest BCUT2D eigenvalue weighted by molar-refractivity contribution is -0.144. The summed E-state index contributed by atoms with van der Waals surface area (Å²) in [5.41, 5.74) is 0. The van der Waals surface area contributed by atoms with Crippen molar-refractivity contribution in [2.45, 2.75) is 23.5 Å². The number of benzene rings is 2. The zero-order valence-electron chi connectivity index (χ0n) is 14.3. The van der Waals surface area contributed by atoms with Gasteiger partial charge in [-0.05, 0) is 30.3 Å². The van der Waals surface area contributed by atoms with Gasteiger partial charge in [-0.3, -0.25) is 4.79 Å². The highest BCUT2D eigenvalue weighted by molar-refractivity contribution is 7.89. The predicted octanol–water partition coefficient (Wildman–Crippen LogP) is 2.86.